The van der Waals surface area contributed by atoms with Crippen LogP contribution in [0.4, 0.5) is 0 Å². The van der Waals surface area contributed by atoms with Gasteiger partial charge in [-0.2, -0.15) is 0 Å². The van der Waals surface area contributed by atoms with Gasteiger partial charge in [-0.15, -0.1) is 18.3 Å². The number of unbranched alkanes of at least 4 members (excludes halogenated alkanes) is 1. The first kappa shape index (κ1) is 28.3. The number of fused-ring (bicyclic) bond motifs is 1. The molecule has 0 radical (unpaired) electrons. The van der Waals surface area contributed by atoms with Gasteiger partial charge < -0.3 is 19.6 Å². The number of hydrogen-bond acceptors (Lipinski definition) is 6. The third kappa shape index (κ3) is 5.10. The Balaban J connectivity index is 2.09. The van der Waals surface area contributed by atoms with Gasteiger partial charge in [0.05, 0.1) is 29.2 Å². The fraction of sp³-hybridized carbons (Fsp3) is 0.731. The summed E-state index contributed by atoms with van der Waals surface area (Å²) < 4.78 is 4.68. The highest BCUT2D eigenvalue weighted by Crippen LogP contribution is 2.68. The van der Waals surface area contributed by atoms with Crippen molar-refractivity contribution >= 4 is 45.5 Å². The summed E-state index contributed by atoms with van der Waals surface area (Å²) in [6, 6.07) is -1.24. The summed E-state index contributed by atoms with van der Waals surface area (Å²) in [7, 11) is 0. The molecule has 3 fully saturated rings. The van der Waals surface area contributed by atoms with Crippen molar-refractivity contribution < 1.29 is 24.2 Å². The molecule has 35 heavy (non-hydrogen) atoms. The standard InChI is InChI=1S/C26H39BrN2O5S/c1-6-9-11-28(10-7-2)24(32)22-26-14-18(27)21(35-26)19(25(33)34-12-8-3)20(26)23(31)29(22)17(15-30)13-16(4)5/h7-8,16-22,30H,2-3,6,9-15H2,1,4-5H3/t17-,18?,19+,20+,21+,22?,26?/m1/s1. The highest BCUT2D eigenvalue weighted by atomic mass is 79.9. The van der Waals surface area contributed by atoms with Crippen molar-refractivity contribution in [1.82, 2.24) is 9.80 Å². The third-order valence-corrected chi connectivity index (χ3v) is 10.6. The molecule has 0 aromatic heterocycles. The zero-order chi connectivity index (χ0) is 25.9. The lowest BCUT2D eigenvalue weighted by Gasteiger charge is -2.40. The summed E-state index contributed by atoms with van der Waals surface area (Å²) >= 11 is 5.34. The van der Waals surface area contributed by atoms with Crippen molar-refractivity contribution in [3.8, 4) is 0 Å². The minimum Gasteiger partial charge on any atom is -0.461 e. The Morgan fingerprint density at radius 3 is 2.66 bits per heavy atom. The predicted molar refractivity (Wildman–Crippen MR) is 142 cm³/mol. The minimum atomic E-state index is -0.750. The number of aliphatic hydroxyl groups is 1. The van der Waals surface area contributed by atoms with Gasteiger partial charge in [-0.25, -0.2) is 0 Å². The average Bonchev–Trinajstić information content (AvgIpc) is 3.41. The van der Waals surface area contributed by atoms with E-state index in [2.05, 4.69) is 36.0 Å². The summed E-state index contributed by atoms with van der Waals surface area (Å²) in [6.07, 6.45) is 6.18. The highest BCUT2D eigenvalue weighted by molar-refractivity contribution is 9.09. The van der Waals surface area contributed by atoms with E-state index in [1.165, 1.54) is 6.08 Å². The number of nitrogens with zero attached hydrogens (tertiary/aromatic N) is 2. The zero-order valence-corrected chi connectivity index (χ0v) is 23.4. The number of likely N-dealkylation sites (tertiary alicyclic amines) is 1. The number of ether oxygens (including phenoxy) is 1. The average molecular weight is 572 g/mol. The molecule has 3 aliphatic rings. The molecule has 9 heteroatoms. The van der Waals surface area contributed by atoms with Crippen LogP contribution in [0.15, 0.2) is 25.3 Å². The lowest BCUT2D eigenvalue weighted by atomic mass is 9.71. The Morgan fingerprint density at radius 1 is 1.37 bits per heavy atom. The molecule has 3 rings (SSSR count). The summed E-state index contributed by atoms with van der Waals surface area (Å²) in [5.74, 6) is -1.84. The minimum absolute atomic E-state index is 0.0192. The molecule has 2 amide bonds. The SMILES string of the molecule is C=CCOC(=O)[C@H]1[C@H]2C(=O)N([C@@H](CO)CC(C)C)C(C(=O)N(CC=C)CCCC)C23CC(Br)[C@@H]1S3. The largest absolute Gasteiger partial charge is 0.461 e. The van der Waals surface area contributed by atoms with E-state index in [1.807, 2.05) is 13.8 Å². The highest BCUT2D eigenvalue weighted by Gasteiger charge is 2.76. The van der Waals surface area contributed by atoms with Crippen LogP contribution in [0.3, 0.4) is 0 Å². The van der Waals surface area contributed by atoms with Crippen molar-refractivity contribution in [3.05, 3.63) is 25.3 Å². The van der Waals surface area contributed by atoms with Crippen LogP contribution in [-0.4, -0.2) is 85.9 Å². The topological polar surface area (TPSA) is 87.1 Å². The van der Waals surface area contributed by atoms with Gasteiger partial charge in [0.15, 0.2) is 0 Å². The van der Waals surface area contributed by atoms with Gasteiger partial charge >= 0.3 is 5.97 Å². The Kier molecular flexibility index (Phi) is 9.54. The van der Waals surface area contributed by atoms with Gasteiger partial charge in [0, 0.05) is 23.2 Å². The van der Waals surface area contributed by atoms with Crippen LogP contribution in [0.5, 0.6) is 0 Å². The van der Waals surface area contributed by atoms with E-state index in [1.54, 1.807) is 27.6 Å². The van der Waals surface area contributed by atoms with Gasteiger partial charge in [0.25, 0.3) is 0 Å². The van der Waals surface area contributed by atoms with E-state index in [0.29, 0.717) is 25.9 Å². The summed E-state index contributed by atoms with van der Waals surface area (Å²) in [5, 5.41) is 10.2. The molecule has 2 bridgehead atoms. The van der Waals surface area contributed by atoms with Crippen LogP contribution in [0.1, 0.15) is 46.5 Å². The number of halogens is 1. The molecular weight excluding hydrogens is 532 g/mol. The Hall–Kier alpha value is -1.32. The van der Waals surface area contributed by atoms with Crippen molar-refractivity contribution in [3.63, 3.8) is 0 Å². The van der Waals surface area contributed by atoms with Crippen molar-refractivity contribution in [2.75, 3.05) is 26.3 Å². The third-order valence-electron chi connectivity index (χ3n) is 7.37. The van der Waals surface area contributed by atoms with Gasteiger partial charge in [-0.3, -0.25) is 14.4 Å². The number of alkyl halides is 1. The van der Waals surface area contributed by atoms with Gasteiger partial charge in [-0.05, 0) is 25.2 Å². The number of esters is 1. The first-order valence-electron chi connectivity index (χ1n) is 12.6. The summed E-state index contributed by atoms with van der Waals surface area (Å²) in [4.78, 5) is 44.9. The summed E-state index contributed by atoms with van der Waals surface area (Å²) in [6.45, 7) is 14.4. The second kappa shape index (κ2) is 11.8. The summed E-state index contributed by atoms with van der Waals surface area (Å²) in [5.41, 5.74) is 0. The molecule has 3 heterocycles. The lowest BCUT2D eigenvalue weighted by Crippen LogP contribution is -2.58. The van der Waals surface area contributed by atoms with E-state index in [9.17, 15) is 19.5 Å². The molecule has 0 aliphatic carbocycles. The lowest BCUT2D eigenvalue weighted by molar-refractivity contribution is -0.153. The first-order chi connectivity index (χ1) is 16.7. The maximum Gasteiger partial charge on any atom is 0.311 e. The maximum absolute atomic E-state index is 14.2. The number of rotatable bonds is 13. The first-order valence-corrected chi connectivity index (χ1v) is 14.4. The molecule has 0 aromatic carbocycles. The van der Waals surface area contributed by atoms with Crippen LogP contribution in [-0.2, 0) is 19.1 Å². The molecule has 0 saturated carbocycles. The quantitative estimate of drug-likeness (QED) is 0.207. The molecular formula is C26H39BrN2O5S. The van der Waals surface area contributed by atoms with E-state index in [0.717, 1.165) is 12.8 Å². The van der Waals surface area contributed by atoms with E-state index >= 15 is 0 Å². The number of hydrogen-bond donors (Lipinski definition) is 1. The van der Waals surface area contributed by atoms with Crippen molar-refractivity contribution in [1.29, 1.82) is 0 Å². The van der Waals surface area contributed by atoms with Crippen LogP contribution in [0.25, 0.3) is 0 Å². The maximum atomic E-state index is 14.2. The number of carbonyl (C=O) groups is 3. The zero-order valence-electron chi connectivity index (χ0n) is 21.0. The molecule has 1 N–H and O–H groups in total. The molecule has 3 aliphatic heterocycles. The fourth-order valence-electron chi connectivity index (χ4n) is 6.04. The van der Waals surface area contributed by atoms with Crippen LogP contribution in [0, 0.1) is 17.8 Å². The van der Waals surface area contributed by atoms with E-state index in [-0.39, 0.29) is 41.0 Å². The number of thioether (sulfide) groups is 1. The molecule has 0 aromatic rings. The normalized spacial score (nSPS) is 32.0. The Bertz CT molecular complexity index is 839. The predicted octanol–water partition coefficient (Wildman–Crippen LogP) is 3.40. The van der Waals surface area contributed by atoms with Crippen molar-refractivity contribution in [2.24, 2.45) is 17.8 Å². The molecule has 7 atom stereocenters. The number of amides is 2. The molecule has 7 nitrogen and oxygen atoms in total. The molecule has 3 unspecified atom stereocenters. The molecule has 196 valence electrons. The Labute approximate surface area is 221 Å². The Morgan fingerprint density at radius 2 is 2.09 bits per heavy atom. The van der Waals surface area contributed by atoms with E-state index in [4.69, 9.17) is 4.74 Å². The second-order valence-corrected chi connectivity index (χ2v) is 12.9. The molecule has 1 spiro atoms. The fourth-order valence-corrected chi connectivity index (χ4v) is 9.62. The number of carbonyl (C=O) groups excluding carboxylic acids is 3. The monoisotopic (exact) mass is 570 g/mol. The molecule has 3 saturated heterocycles. The number of aliphatic hydroxyl groups excluding tert-OH is 1. The van der Waals surface area contributed by atoms with Crippen molar-refractivity contribution in [2.45, 2.75) is 73.4 Å². The van der Waals surface area contributed by atoms with Gasteiger partial charge in [0.1, 0.15) is 12.6 Å². The smallest absolute Gasteiger partial charge is 0.311 e. The van der Waals surface area contributed by atoms with E-state index < -0.39 is 34.6 Å². The van der Waals surface area contributed by atoms with Crippen LogP contribution < -0.4 is 0 Å². The van der Waals surface area contributed by atoms with Gasteiger partial charge in [0.2, 0.25) is 11.8 Å². The van der Waals surface area contributed by atoms with Crippen LogP contribution >= 0.6 is 27.7 Å². The van der Waals surface area contributed by atoms with Gasteiger partial charge in [-0.1, -0.05) is 61.9 Å². The van der Waals surface area contributed by atoms with Crippen LogP contribution in [0.2, 0.25) is 0 Å². The second-order valence-electron chi connectivity index (χ2n) is 10.2.